The Morgan fingerprint density at radius 1 is 1.36 bits per heavy atom. The van der Waals surface area contributed by atoms with E-state index in [1.165, 1.54) is 12.0 Å². The smallest absolute Gasteiger partial charge is 0.226 e. The number of methoxy groups -OCH3 is 1. The highest BCUT2D eigenvalue weighted by atomic mass is 16.6. The van der Waals surface area contributed by atoms with Crippen molar-refractivity contribution in [2.45, 2.75) is 33.1 Å². The van der Waals surface area contributed by atoms with Gasteiger partial charge >= 0.3 is 0 Å². The molecule has 0 aromatic rings. The van der Waals surface area contributed by atoms with Crippen molar-refractivity contribution in [1.82, 2.24) is 10.4 Å². The van der Waals surface area contributed by atoms with Crippen LogP contribution in [0.5, 0.6) is 0 Å². The van der Waals surface area contributed by atoms with Crippen LogP contribution in [0.1, 0.15) is 33.1 Å². The molecule has 1 atom stereocenters. The third kappa shape index (κ3) is 4.34. The molecule has 1 aliphatic rings. The van der Waals surface area contributed by atoms with Gasteiger partial charge in [-0.25, -0.2) is 0 Å². The number of hydroxylamine groups is 1. The molecule has 6 nitrogen and oxygen atoms in total. The van der Waals surface area contributed by atoms with Gasteiger partial charge in [0, 0.05) is 26.9 Å². The Morgan fingerprint density at radius 2 is 2.05 bits per heavy atom. The van der Waals surface area contributed by atoms with Gasteiger partial charge in [0.2, 0.25) is 5.91 Å². The molecule has 1 aliphatic carbocycles. The van der Waals surface area contributed by atoms with Gasteiger partial charge in [-0.3, -0.25) is 19.9 Å². The molecule has 0 saturated heterocycles. The average Bonchev–Trinajstić information content (AvgIpc) is 2.50. The van der Waals surface area contributed by atoms with Gasteiger partial charge in [0.1, 0.15) is 5.76 Å². The van der Waals surface area contributed by atoms with E-state index < -0.39 is 0 Å². The van der Waals surface area contributed by atoms with Crippen molar-refractivity contribution in [3.05, 3.63) is 23.1 Å². The summed E-state index contributed by atoms with van der Waals surface area (Å²) < 4.78 is 5.39. The minimum absolute atomic E-state index is 0.0549. The van der Waals surface area contributed by atoms with Crippen molar-refractivity contribution >= 4 is 11.7 Å². The molecule has 6 heteroatoms. The number of nitrogens with zero attached hydrogens (tertiary/aromatic N) is 1. The van der Waals surface area contributed by atoms with E-state index in [0.29, 0.717) is 30.1 Å². The van der Waals surface area contributed by atoms with E-state index >= 15 is 0 Å². The van der Waals surface area contributed by atoms with Crippen LogP contribution in [0.15, 0.2) is 23.1 Å². The molecule has 0 bridgehead atoms. The SMILES string of the molecule is CCC=C(NOCC)C1=C(OC)CC(C(=O)N(C)C)CC1=O. The molecule has 0 aromatic carbocycles. The molecule has 1 rings (SSSR count). The predicted octanol–water partition coefficient (Wildman–Crippen LogP) is 1.79. The van der Waals surface area contributed by atoms with E-state index in [9.17, 15) is 9.59 Å². The van der Waals surface area contributed by atoms with E-state index in [-0.39, 0.29) is 24.0 Å². The first-order valence-electron chi connectivity index (χ1n) is 7.55. The van der Waals surface area contributed by atoms with Crippen molar-refractivity contribution in [2.75, 3.05) is 27.8 Å². The highest BCUT2D eigenvalue weighted by Crippen LogP contribution is 2.31. The summed E-state index contributed by atoms with van der Waals surface area (Å²) in [6, 6.07) is 0. The highest BCUT2D eigenvalue weighted by molar-refractivity contribution is 6.03. The van der Waals surface area contributed by atoms with Gasteiger partial charge in [0.25, 0.3) is 0 Å². The quantitative estimate of drug-likeness (QED) is 0.726. The number of carbonyl (C=O) groups excluding carboxylic acids is 2. The van der Waals surface area contributed by atoms with Crippen molar-refractivity contribution in [3.8, 4) is 0 Å². The summed E-state index contributed by atoms with van der Waals surface area (Å²) >= 11 is 0. The monoisotopic (exact) mass is 310 g/mol. The maximum absolute atomic E-state index is 12.5. The van der Waals surface area contributed by atoms with Crippen molar-refractivity contribution in [1.29, 1.82) is 0 Å². The van der Waals surface area contributed by atoms with Crippen LogP contribution in [0, 0.1) is 5.92 Å². The molecule has 1 unspecified atom stereocenters. The van der Waals surface area contributed by atoms with Crippen LogP contribution in [-0.2, 0) is 19.2 Å². The summed E-state index contributed by atoms with van der Waals surface area (Å²) in [5, 5.41) is 0. The standard InChI is InChI=1S/C16H26N2O4/c1-6-8-12(17-22-7-2)15-13(19)9-11(10-14(15)21-5)16(20)18(3)4/h8,11,17H,6-7,9-10H2,1-5H3. The molecule has 0 heterocycles. The second-order valence-corrected chi connectivity index (χ2v) is 5.32. The number of ketones is 1. The van der Waals surface area contributed by atoms with Crippen LogP contribution in [0.4, 0.5) is 0 Å². The van der Waals surface area contributed by atoms with Gasteiger partial charge in [-0.2, -0.15) is 0 Å². The summed E-state index contributed by atoms with van der Waals surface area (Å²) in [5.41, 5.74) is 3.91. The van der Waals surface area contributed by atoms with Crippen molar-refractivity contribution in [2.24, 2.45) is 5.92 Å². The summed E-state index contributed by atoms with van der Waals surface area (Å²) in [6.45, 7) is 4.32. The maximum Gasteiger partial charge on any atom is 0.226 e. The van der Waals surface area contributed by atoms with Crippen LogP contribution in [0.2, 0.25) is 0 Å². The summed E-state index contributed by atoms with van der Waals surface area (Å²) in [6.07, 6.45) is 3.25. The predicted molar refractivity (Wildman–Crippen MR) is 83.6 cm³/mol. The first kappa shape index (κ1) is 18.2. The Balaban J connectivity index is 3.12. The third-order valence-corrected chi connectivity index (χ3v) is 3.46. The number of nitrogens with one attached hydrogen (secondary N) is 1. The molecule has 22 heavy (non-hydrogen) atoms. The first-order valence-corrected chi connectivity index (χ1v) is 7.55. The fourth-order valence-corrected chi connectivity index (χ4v) is 2.45. The average molecular weight is 310 g/mol. The molecule has 0 fully saturated rings. The zero-order chi connectivity index (χ0) is 16.7. The maximum atomic E-state index is 12.5. The molecule has 124 valence electrons. The van der Waals surface area contributed by atoms with Crippen molar-refractivity contribution in [3.63, 3.8) is 0 Å². The minimum atomic E-state index is -0.365. The Hall–Kier alpha value is -1.82. The topological polar surface area (TPSA) is 67.9 Å². The van der Waals surface area contributed by atoms with Crippen LogP contribution < -0.4 is 5.48 Å². The van der Waals surface area contributed by atoms with E-state index in [1.54, 1.807) is 14.1 Å². The van der Waals surface area contributed by atoms with Gasteiger partial charge in [0.15, 0.2) is 5.78 Å². The summed E-state index contributed by atoms with van der Waals surface area (Å²) in [4.78, 5) is 31.4. The molecule has 0 radical (unpaired) electrons. The zero-order valence-corrected chi connectivity index (χ0v) is 14.1. The van der Waals surface area contributed by atoms with Crippen molar-refractivity contribution < 1.29 is 19.2 Å². The number of allylic oxidation sites excluding steroid dienone is 3. The van der Waals surface area contributed by atoms with Gasteiger partial charge in [0.05, 0.1) is 30.9 Å². The Kier molecular flexibility index (Phi) is 7.11. The Bertz CT molecular complexity index is 481. The van der Waals surface area contributed by atoms with Gasteiger partial charge in [-0.15, -0.1) is 0 Å². The molecule has 0 aliphatic heterocycles. The molecular formula is C16H26N2O4. The number of Topliss-reactive ketones (excluding diaryl/α,β-unsaturated/α-hetero) is 1. The molecule has 0 aromatic heterocycles. The molecule has 0 saturated carbocycles. The molecule has 1 N–H and O–H groups in total. The lowest BCUT2D eigenvalue weighted by Gasteiger charge is -2.27. The normalized spacial score (nSPS) is 19.2. The second kappa shape index (κ2) is 8.58. The number of ether oxygens (including phenoxy) is 1. The van der Waals surface area contributed by atoms with E-state index in [4.69, 9.17) is 9.57 Å². The van der Waals surface area contributed by atoms with Crippen LogP contribution in [-0.4, -0.2) is 44.4 Å². The lowest BCUT2D eigenvalue weighted by molar-refractivity contribution is -0.136. The first-order chi connectivity index (χ1) is 10.5. The van der Waals surface area contributed by atoms with Gasteiger partial charge < -0.3 is 9.64 Å². The van der Waals surface area contributed by atoms with E-state index in [1.807, 2.05) is 19.9 Å². The van der Waals surface area contributed by atoms with Gasteiger partial charge in [-0.05, 0) is 13.3 Å². The second-order valence-electron chi connectivity index (χ2n) is 5.32. The fourth-order valence-electron chi connectivity index (χ4n) is 2.45. The van der Waals surface area contributed by atoms with Crippen LogP contribution in [0.25, 0.3) is 0 Å². The minimum Gasteiger partial charge on any atom is -0.500 e. The number of amides is 1. The Morgan fingerprint density at radius 3 is 2.55 bits per heavy atom. The largest absolute Gasteiger partial charge is 0.500 e. The molecule has 0 spiro atoms. The summed E-state index contributed by atoms with van der Waals surface area (Å²) in [7, 11) is 4.91. The van der Waals surface area contributed by atoms with Crippen LogP contribution >= 0.6 is 0 Å². The third-order valence-electron chi connectivity index (χ3n) is 3.46. The number of carbonyl (C=O) groups is 2. The lowest BCUT2D eigenvalue weighted by atomic mass is 9.84. The molecular weight excluding hydrogens is 284 g/mol. The highest BCUT2D eigenvalue weighted by Gasteiger charge is 2.34. The van der Waals surface area contributed by atoms with Crippen LogP contribution in [0.3, 0.4) is 0 Å². The number of hydrogen-bond donors (Lipinski definition) is 1. The van der Waals surface area contributed by atoms with Gasteiger partial charge in [-0.1, -0.05) is 13.0 Å². The summed E-state index contributed by atoms with van der Waals surface area (Å²) in [5.74, 6) is 0.00969. The number of rotatable bonds is 7. The fraction of sp³-hybridized carbons (Fsp3) is 0.625. The molecule has 1 amide bonds. The lowest BCUT2D eigenvalue weighted by Crippen LogP contribution is -2.35. The van der Waals surface area contributed by atoms with E-state index in [0.717, 1.165) is 6.42 Å². The number of hydrogen-bond acceptors (Lipinski definition) is 5. The zero-order valence-electron chi connectivity index (χ0n) is 14.1. The van der Waals surface area contributed by atoms with E-state index in [2.05, 4.69) is 5.48 Å². The Labute approximate surface area is 132 Å².